The third-order valence-electron chi connectivity index (χ3n) is 3.64. The van der Waals surface area contributed by atoms with Crippen molar-refractivity contribution in [2.75, 3.05) is 20.2 Å². The Kier molecular flexibility index (Phi) is 4.46. The third kappa shape index (κ3) is 2.78. The Labute approximate surface area is 112 Å². The van der Waals surface area contributed by atoms with Gasteiger partial charge in [-0.15, -0.1) is 0 Å². The normalized spacial score (nSPS) is 16.9. The van der Waals surface area contributed by atoms with E-state index in [1.165, 1.54) is 0 Å². The molecule has 1 aliphatic rings. The Bertz CT molecular complexity index is 430. The highest BCUT2D eigenvalue weighted by atomic mass is 35.5. The summed E-state index contributed by atoms with van der Waals surface area (Å²) in [6, 6.07) is 1.71. The maximum absolute atomic E-state index is 13.7. The molecule has 1 saturated heterocycles. The maximum atomic E-state index is 13.7. The van der Waals surface area contributed by atoms with Gasteiger partial charge in [-0.25, -0.2) is 4.39 Å². The molecule has 2 rings (SSSR count). The summed E-state index contributed by atoms with van der Waals surface area (Å²) >= 11 is 5.92. The van der Waals surface area contributed by atoms with E-state index in [9.17, 15) is 4.39 Å². The summed E-state index contributed by atoms with van der Waals surface area (Å²) in [4.78, 5) is 0. The van der Waals surface area contributed by atoms with Crippen molar-refractivity contribution in [2.45, 2.75) is 26.2 Å². The Morgan fingerprint density at radius 1 is 1.44 bits per heavy atom. The molecule has 0 saturated carbocycles. The molecule has 0 bridgehead atoms. The quantitative estimate of drug-likeness (QED) is 0.910. The summed E-state index contributed by atoms with van der Waals surface area (Å²) in [5.74, 6) is 0.902. The average Bonchev–Trinajstić information content (AvgIpc) is 2.38. The molecule has 0 radical (unpaired) electrons. The van der Waals surface area contributed by atoms with Crippen LogP contribution in [0.25, 0.3) is 0 Å². The van der Waals surface area contributed by atoms with Crippen molar-refractivity contribution < 1.29 is 9.13 Å². The van der Waals surface area contributed by atoms with Gasteiger partial charge in [-0.2, -0.15) is 0 Å². The van der Waals surface area contributed by atoms with E-state index in [0.717, 1.165) is 37.9 Å². The van der Waals surface area contributed by atoms with Gasteiger partial charge in [-0.1, -0.05) is 11.6 Å². The minimum Gasteiger partial charge on any atom is -0.496 e. The summed E-state index contributed by atoms with van der Waals surface area (Å²) in [5.41, 5.74) is 1.53. The first-order valence-electron chi connectivity index (χ1n) is 6.35. The number of methoxy groups -OCH3 is 1. The van der Waals surface area contributed by atoms with Crippen LogP contribution in [0.4, 0.5) is 4.39 Å². The zero-order valence-electron chi connectivity index (χ0n) is 10.9. The SMILES string of the molecule is COc1c(CC2CCNCC2)cc(Cl)c(F)c1C. The molecule has 0 unspecified atom stereocenters. The molecule has 1 aromatic rings. The van der Waals surface area contributed by atoms with Crippen LogP contribution in [0, 0.1) is 18.7 Å². The highest BCUT2D eigenvalue weighted by Gasteiger charge is 2.19. The lowest BCUT2D eigenvalue weighted by Crippen LogP contribution is -2.28. The summed E-state index contributed by atoms with van der Waals surface area (Å²) in [6.07, 6.45) is 3.21. The number of hydrogen-bond donors (Lipinski definition) is 1. The van der Waals surface area contributed by atoms with Crippen molar-refractivity contribution >= 4 is 11.6 Å². The zero-order valence-corrected chi connectivity index (χ0v) is 11.6. The lowest BCUT2D eigenvalue weighted by Gasteiger charge is -2.24. The van der Waals surface area contributed by atoms with Crippen LogP contribution in [0.2, 0.25) is 5.02 Å². The van der Waals surface area contributed by atoms with Gasteiger partial charge in [0.15, 0.2) is 0 Å². The Morgan fingerprint density at radius 3 is 2.72 bits per heavy atom. The van der Waals surface area contributed by atoms with Crippen molar-refractivity contribution in [3.05, 3.63) is 28.0 Å². The minimum atomic E-state index is -0.373. The molecule has 1 heterocycles. The number of rotatable bonds is 3. The first-order chi connectivity index (χ1) is 8.63. The molecule has 2 nitrogen and oxygen atoms in total. The Balaban J connectivity index is 2.25. The lowest BCUT2D eigenvalue weighted by molar-refractivity contribution is 0.359. The third-order valence-corrected chi connectivity index (χ3v) is 3.92. The zero-order chi connectivity index (χ0) is 13.1. The van der Waals surface area contributed by atoms with Gasteiger partial charge in [-0.05, 0) is 56.8 Å². The highest BCUT2D eigenvalue weighted by Crippen LogP contribution is 2.33. The van der Waals surface area contributed by atoms with Gasteiger partial charge in [0.1, 0.15) is 11.6 Å². The van der Waals surface area contributed by atoms with Crippen LogP contribution >= 0.6 is 11.6 Å². The molecule has 1 N–H and O–H groups in total. The fraction of sp³-hybridized carbons (Fsp3) is 0.571. The van der Waals surface area contributed by atoms with Gasteiger partial charge in [0.2, 0.25) is 0 Å². The standard InChI is InChI=1S/C14H19ClFNO/c1-9-13(16)12(15)8-11(14(9)18-2)7-10-3-5-17-6-4-10/h8,10,17H,3-7H2,1-2H3. The highest BCUT2D eigenvalue weighted by molar-refractivity contribution is 6.30. The van der Waals surface area contributed by atoms with E-state index < -0.39 is 0 Å². The fourth-order valence-electron chi connectivity index (χ4n) is 2.63. The van der Waals surface area contributed by atoms with E-state index in [4.69, 9.17) is 16.3 Å². The molecular weight excluding hydrogens is 253 g/mol. The van der Waals surface area contributed by atoms with Crippen molar-refractivity contribution in [2.24, 2.45) is 5.92 Å². The van der Waals surface area contributed by atoms with E-state index in [1.54, 1.807) is 20.1 Å². The second kappa shape index (κ2) is 5.89. The van der Waals surface area contributed by atoms with Crippen LogP contribution in [-0.2, 0) is 6.42 Å². The first-order valence-corrected chi connectivity index (χ1v) is 6.73. The van der Waals surface area contributed by atoms with Crippen LogP contribution in [-0.4, -0.2) is 20.2 Å². The molecular formula is C14H19ClFNO. The van der Waals surface area contributed by atoms with Crippen molar-refractivity contribution in [1.82, 2.24) is 5.32 Å². The van der Waals surface area contributed by atoms with Crippen molar-refractivity contribution in [3.63, 3.8) is 0 Å². The Morgan fingerprint density at radius 2 is 2.11 bits per heavy atom. The monoisotopic (exact) mass is 271 g/mol. The van der Waals surface area contributed by atoms with Gasteiger partial charge < -0.3 is 10.1 Å². The Hall–Kier alpha value is -0.800. The van der Waals surface area contributed by atoms with Gasteiger partial charge >= 0.3 is 0 Å². The molecule has 0 aliphatic carbocycles. The largest absolute Gasteiger partial charge is 0.496 e. The maximum Gasteiger partial charge on any atom is 0.148 e. The molecule has 0 spiro atoms. The fourth-order valence-corrected chi connectivity index (χ4v) is 2.91. The predicted octanol–water partition coefficient (Wildman–Crippen LogP) is 3.34. The van der Waals surface area contributed by atoms with Crippen LogP contribution in [0.3, 0.4) is 0 Å². The number of piperidine rings is 1. The molecule has 0 atom stereocenters. The van der Waals surface area contributed by atoms with E-state index in [-0.39, 0.29) is 10.8 Å². The molecule has 1 aromatic carbocycles. The predicted molar refractivity (Wildman–Crippen MR) is 72.0 cm³/mol. The van der Waals surface area contributed by atoms with Crippen molar-refractivity contribution in [3.8, 4) is 5.75 Å². The number of hydrogen-bond acceptors (Lipinski definition) is 2. The molecule has 4 heteroatoms. The smallest absolute Gasteiger partial charge is 0.148 e. The topological polar surface area (TPSA) is 21.3 Å². The van der Waals surface area contributed by atoms with E-state index in [2.05, 4.69) is 5.32 Å². The summed E-state index contributed by atoms with van der Waals surface area (Å²) < 4.78 is 19.1. The molecule has 100 valence electrons. The summed E-state index contributed by atoms with van der Waals surface area (Å²) in [6.45, 7) is 3.83. The number of halogens is 2. The van der Waals surface area contributed by atoms with E-state index in [0.29, 0.717) is 17.2 Å². The molecule has 18 heavy (non-hydrogen) atoms. The summed E-state index contributed by atoms with van der Waals surface area (Å²) in [7, 11) is 1.58. The molecule has 0 aromatic heterocycles. The minimum absolute atomic E-state index is 0.192. The lowest BCUT2D eigenvalue weighted by atomic mass is 9.90. The second-order valence-electron chi connectivity index (χ2n) is 4.89. The average molecular weight is 272 g/mol. The molecule has 1 aliphatic heterocycles. The van der Waals surface area contributed by atoms with Crippen LogP contribution in [0.15, 0.2) is 6.07 Å². The van der Waals surface area contributed by atoms with E-state index >= 15 is 0 Å². The van der Waals surface area contributed by atoms with Crippen LogP contribution in [0.5, 0.6) is 5.75 Å². The van der Waals surface area contributed by atoms with Crippen LogP contribution < -0.4 is 10.1 Å². The van der Waals surface area contributed by atoms with Gasteiger partial charge in [-0.3, -0.25) is 0 Å². The molecule has 0 amide bonds. The summed E-state index contributed by atoms with van der Waals surface area (Å²) in [5, 5.41) is 3.54. The number of nitrogens with one attached hydrogen (secondary N) is 1. The van der Waals surface area contributed by atoms with Gasteiger partial charge in [0.25, 0.3) is 0 Å². The van der Waals surface area contributed by atoms with Crippen LogP contribution in [0.1, 0.15) is 24.0 Å². The second-order valence-corrected chi connectivity index (χ2v) is 5.29. The number of benzene rings is 1. The van der Waals surface area contributed by atoms with Crippen molar-refractivity contribution in [1.29, 1.82) is 0 Å². The first kappa shape index (κ1) is 13.6. The van der Waals surface area contributed by atoms with Gasteiger partial charge in [0, 0.05) is 5.56 Å². The molecule has 1 fully saturated rings. The van der Waals surface area contributed by atoms with E-state index in [1.807, 2.05) is 0 Å². The van der Waals surface area contributed by atoms with Gasteiger partial charge in [0.05, 0.1) is 12.1 Å². The number of ether oxygens (including phenoxy) is 1.